The molecule has 0 aliphatic rings. The molecule has 0 aliphatic heterocycles. The summed E-state index contributed by atoms with van der Waals surface area (Å²) >= 11 is 6.41. The predicted molar refractivity (Wildman–Crippen MR) is 134 cm³/mol. The van der Waals surface area contributed by atoms with Crippen molar-refractivity contribution in [3.05, 3.63) is 106 Å². The molecule has 3 aromatic rings. The van der Waals surface area contributed by atoms with Gasteiger partial charge in [-0.3, -0.25) is 9.59 Å². The van der Waals surface area contributed by atoms with Crippen molar-refractivity contribution in [2.24, 2.45) is 0 Å². The van der Waals surface area contributed by atoms with Crippen LogP contribution in [0.5, 0.6) is 0 Å². The Labute approximate surface area is 205 Å². The zero-order valence-corrected chi connectivity index (χ0v) is 20.3. The molecule has 0 saturated carbocycles. The molecule has 0 heterocycles. The summed E-state index contributed by atoms with van der Waals surface area (Å²) in [6.07, 6.45) is 0.938. The van der Waals surface area contributed by atoms with Crippen LogP contribution in [0.4, 0.5) is 4.39 Å². The average molecular weight is 481 g/mol. The maximum Gasteiger partial charge on any atom is 0.243 e. The second-order valence-corrected chi connectivity index (χ2v) is 8.81. The van der Waals surface area contributed by atoms with Gasteiger partial charge < -0.3 is 10.2 Å². The Morgan fingerprint density at radius 2 is 1.56 bits per heavy atom. The second-order valence-electron chi connectivity index (χ2n) is 8.40. The summed E-state index contributed by atoms with van der Waals surface area (Å²) < 4.78 is 14.4. The van der Waals surface area contributed by atoms with Crippen molar-refractivity contribution in [2.45, 2.75) is 51.7 Å². The molecule has 4 nitrogen and oxygen atoms in total. The van der Waals surface area contributed by atoms with Crippen molar-refractivity contribution in [3.63, 3.8) is 0 Å². The number of hydrogen-bond acceptors (Lipinski definition) is 2. The minimum atomic E-state index is -0.785. The highest BCUT2D eigenvalue weighted by Crippen LogP contribution is 2.22. The molecule has 0 radical (unpaired) electrons. The van der Waals surface area contributed by atoms with Crippen LogP contribution in [0.3, 0.4) is 0 Å². The number of rotatable bonds is 10. The highest BCUT2D eigenvalue weighted by atomic mass is 35.5. The standard InChI is InChI=1S/C28H30ClFN2O2/c1-3-20(2)31-28(34)26(17-21-11-5-4-6-12-21)32(19-23-14-7-9-15-24(23)29)27(33)18-22-13-8-10-16-25(22)30/h4-16,20,26H,3,17-19H2,1-2H3,(H,31,34)/t20-,26+/m0/s1. The van der Waals surface area contributed by atoms with Crippen LogP contribution in [0.1, 0.15) is 37.0 Å². The molecule has 6 heteroatoms. The van der Waals surface area contributed by atoms with E-state index >= 15 is 0 Å². The topological polar surface area (TPSA) is 49.4 Å². The quantitative estimate of drug-likeness (QED) is 0.412. The average Bonchev–Trinajstić information content (AvgIpc) is 2.84. The Morgan fingerprint density at radius 3 is 2.21 bits per heavy atom. The van der Waals surface area contributed by atoms with Crippen molar-refractivity contribution in [1.82, 2.24) is 10.2 Å². The van der Waals surface area contributed by atoms with E-state index in [1.54, 1.807) is 24.3 Å². The summed E-state index contributed by atoms with van der Waals surface area (Å²) in [6, 6.07) is 22.2. The maximum atomic E-state index is 14.4. The molecule has 0 unspecified atom stereocenters. The molecule has 2 atom stereocenters. The number of benzene rings is 3. The fourth-order valence-corrected chi connectivity index (χ4v) is 3.91. The molecule has 0 fully saturated rings. The molecule has 0 aromatic heterocycles. The minimum Gasteiger partial charge on any atom is -0.352 e. The van der Waals surface area contributed by atoms with Gasteiger partial charge in [-0.2, -0.15) is 0 Å². The van der Waals surface area contributed by atoms with E-state index in [-0.39, 0.29) is 36.4 Å². The van der Waals surface area contributed by atoms with E-state index < -0.39 is 11.9 Å². The van der Waals surface area contributed by atoms with Gasteiger partial charge in [-0.1, -0.05) is 85.3 Å². The van der Waals surface area contributed by atoms with Gasteiger partial charge in [0.2, 0.25) is 11.8 Å². The number of amides is 2. The lowest BCUT2D eigenvalue weighted by molar-refractivity contribution is -0.141. The van der Waals surface area contributed by atoms with Crippen LogP contribution in [-0.4, -0.2) is 28.8 Å². The first-order chi connectivity index (χ1) is 16.4. The van der Waals surface area contributed by atoms with Gasteiger partial charge in [0.25, 0.3) is 0 Å². The zero-order valence-electron chi connectivity index (χ0n) is 19.5. The van der Waals surface area contributed by atoms with Crippen molar-refractivity contribution in [2.75, 3.05) is 0 Å². The largest absolute Gasteiger partial charge is 0.352 e. The highest BCUT2D eigenvalue weighted by molar-refractivity contribution is 6.31. The van der Waals surface area contributed by atoms with Gasteiger partial charge in [-0.05, 0) is 42.2 Å². The summed E-state index contributed by atoms with van der Waals surface area (Å²) in [5.41, 5.74) is 1.94. The van der Waals surface area contributed by atoms with E-state index in [2.05, 4.69) is 5.32 Å². The number of halogens is 2. The molecule has 0 spiro atoms. The fourth-order valence-electron chi connectivity index (χ4n) is 3.71. The molecule has 0 aliphatic carbocycles. The van der Waals surface area contributed by atoms with Crippen LogP contribution in [0.15, 0.2) is 78.9 Å². The van der Waals surface area contributed by atoms with Gasteiger partial charge in [0.05, 0.1) is 6.42 Å². The molecule has 178 valence electrons. The molecule has 2 amide bonds. The minimum absolute atomic E-state index is 0.0467. The maximum absolute atomic E-state index is 14.4. The molecule has 3 rings (SSSR count). The normalized spacial score (nSPS) is 12.6. The van der Waals surface area contributed by atoms with Crippen molar-refractivity contribution in [3.8, 4) is 0 Å². The lowest BCUT2D eigenvalue weighted by atomic mass is 10.0. The summed E-state index contributed by atoms with van der Waals surface area (Å²) in [5.74, 6) is -1.03. The number of carbonyl (C=O) groups excluding carboxylic acids is 2. The van der Waals surface area contributed by atoms with Crippen molar-refractivity contribution < 1.29 is 14.0 Å². The number of nitrogens with zero attached hydrogens (tertiary/aromatic N) is 1. The Bertz CT molecular complexity index is 1110. The summed E-state index contributed by atoms with van der Waals surface area (Å²) in [4.78, 5) is 28.6. The molecule has 1 N–H and O–H groups in total. The van der Waals surface area contributed by atoms with E-state index in [0.29, 0.717) is 11.4 Å². The fraction of sp³-hybridized carbons (Fsp3) is 0.286. The number of nitrogens with one attached hydrogen (secondary N) is 1. The highest BCUT2D eigenvalue weighted by Gasteiger charge is 2.31. The molecular formula is C28H30ClFN2O2. The van der Waals surface area contributed by atoms with Gasteiger partial charge in [0, 0.05) is 24.0 Å². The molecular weight excluding hydrogens is 451 g/mol. The zero-order chi connectivity index (χ0) is 24.5. The van der Waals surface area contributed by atoms with Crippen LogP contribution in [0.2, 0.25) is 5.02 Å². The first kappa shape index (κ1) is 25.4. The van der Waals surface area contributed by atoms with Gasteiger partial charge in [-0.25, -0.2) is 4.39 Å². The first-order valence-electron chi connectivity index (χ1n) is 11.5. The third-order valence-electron chi connectivity index (χ3n) is 5.87. The van der Waals surface area contributed by atoms with E-state index in [0.717, 1.165) is 17.5 Å². The van der Waals surface area contributed by atoms with E-state index in [9.17, 15) is 14.0 Å². The van der Waals surface area contributed by atoms with Gasteiger partial charge >= 0.3 is 0 Å². The molecule has 3 aromatic carbocycles. The van der Waals surface area contributed by atoms with E-state index in [1.165, 1.54) is 11.0 Å². The predicted octanol–water partition coefficient (Wildman–Crippen LogP) is 5.58. The van der Waals surface area contributed by atoms with Crippen LogP contribution >= 0.6 is 11.6 Å². The van der Waals surface area contributed by atoms with Crippen LogP contribution in [-0.2, 0) is 29.0 Å². The molecule has 0 saturated heterocycles. The Hall–Kier alpha value is -3.18. The van der Waals surface area contributed by atoms with E-state index in [1.807, 2.05) is 62.4 Å². The Morgan fingerprint density at radius 1 is 0.941 bits per heavy atom. The number of carbonyl (C=O) groups is 2. The van der Waals surface area contributed by atoms with Crippen LogP contribution in [0.25, 0.3) is 0 Å². The Balaban J connectivity index is 2.00. The lowest BCUT2D eigenvalue weighted by Gasteiger charge is -2.32. The van der Waals surface area contributed by atoms with E-state index in [4.69, 9.17) is 11.6 Å². The summed E-state index contributed by atoms with van der Waals surface area (Å²) in [7, 11) is 0. The monoisotopic (exact) mass is 480 g/mol. The van der Waals surface area contributed by atoms with Crippen molar-refractivity contribution >= 4 is 23.4 Å². The second kappa shape index (κ2) is 12.3. The van der Waals surface area contributed by atoms with Gasteiger partial charge in [0.1, 0.15) is 11.9 Å². The summed E-state index contributed by atoms with van der Waals surface area (Å²) in [5, 5.41) is 3.53. The first-order valence-corrected chi connectivity index (χ1v) is 11.9. The third kappa shape index (κ3) is 6.91. The lowest BCUT2D eigenvalue weighted by Crippen LogP contribution is -2.52. The van der Waals surface area contributed by atoms with Gasteiger partial charge in [0.15, 0.2) is 0 Å². The summed E-state index contributed by atoms with van der Waals surface area (Å²) in [6.45, 7) is 4.05. The number of hydrogen-bond donors (Lipinski definition) is 1. The Kier molecular flexibility index (Phi) is 9.23. The van der Waals surface area contributed by atoms with Gasteiger partial charge in [-0.15, -0.1) is 0 Å². The SMILES string of the molecule is CC[C@H](C)NC(=O)[C@@H](Cc1ccccc1)N(Cc1ccccc1Cl)C(=O)Cc1ccccc1F. The van der Waals surface area contributed by atoms with Crippen LogP contribution < -0.4 is 5.32 Å². The van der Waals surface area contributed by atoms with Crippen molar-refractivity contribution in [1.29, 1.82) is 0 Å². The van der Waals surface area contributed by atoms with Crippen LogP contribution in [0, 0.1) is 5.82 Å². The molecule has 34 heavy (non-hydrogen) atoms. The smallest absolute Gasteiger partial charge is 0.243 e. The molecule has 0 bridgehead atoms. The third-order valence-corrected chi connectivity index (χ3v) is 6.24.